The first-order valence-corrected chi connectivity index (χ1v) is 12.4. The minimum Gasteiger partial charge on any atom is -0.492 e. The summed E-state index contributed by atoms with van der Waals surface area (Å²) in [5.74, 6) is 1.37. The van der Waals surface area contributed by atoms with E-state index in [-0.39, 0.29) is 11.9 Å². The normalized spacial score (nSPS) is 13.8. The van der Waals surface area contributed by atoms with Crippen LogP contribution < -0.4 is 4.74 Å². The van der Waals surface area contributed by atoms with Crippen molar-refractivity contribution in [3.8, 4) is 23.1 Å². The quantitative estimate of drug-likeness (QED) is 0.383. The molecule has 1 aromatic carbocycles. The van der Waals surface area contributed by atoms with Gasteiger partial charge in [-0.05, 0) is 56.5 Å². The molecule has 188 valence electrons. The van der Waals surface area contributed by atoms with E-state index in [0.29, 0.717) is 48.7 Å². The molecule has 1 atom stereocenters. The number of rotatable bonds is 7. The van der Waals surface area contributed by atoms with Gasteiger partial charge in [0.2, 0.25) is 0 Å². The molecule has 0 saturated heterocycles. The lowest BCUT2D eigenvalue weighted by Gasteiger charge is -2.34. The van der Waals surface area contributed by atoms with Gasteiger partial charge in [-0.15, -0.1) is 0 Å². The van der Waals surface area contributed by atoms with E-state index in [1.807, 2.05) is 55.7 Å². The number of hydrogen-bond donors (Lipinski definition) is 0. The molecule has 0 fully saturated rings. The number of amides is 1. The smallest absolute Gasteiger partial charge is 0.254 e. The zero-order valence-electron chi connectivity index (χ0n) is 21.5. The summed E-state index contributed by atoms with van der Waals surface area (Å²) in [6.45, 7) is 7.42. The molecule has 9 nitrogen and oxygen atoms in total. The van der Waals surface area contributed by atoms with Crippen LogP contribution in [0, 0.1) is 18.3 Å². The van der Waals surface area contributed by atoms with E-state index < -0.39 is 0 Å². The van der Waals surface area contributed by atoms with Gasteiger partial charge >= 0.3 is 0 Å². The fourth-order valence-corrected chi connectivity index (χ4v) is 4.97. The van der Waals surface area contributed by atoms with Gasteiger partial charge in [0.25, 0.3) is 5.91 Å². The summed E-state index contributed by atoms with van der Waals surface area (Å²) in [5, 5.41) is 13.8. The topological polar surface area (TPSA) is 102 Å². The largest absolute Gasteiger partial charge is 0.492 e. The first-order valence-electron chi connectivity index (χ1n) is 12.4. The molecule has 0 spiro atoms. The average molecular weight is 496 g/mol. The zero-order chi connectivity index (χ0) is 26.1. The van der Waals surface area contributed by atoms with E-state index in [4.69, 9.17) is 4.74 Å². The third kappa shape index (κ3) is 4.47. The Kier molecular flexibility index (Phi) is 6.49. The van der Waals surface area contributed by atoms with Crippen molar-refractivity contribution in [1.82, 2.24) is 29.2 Å². The minimum atomic E-state index is -0.285. The standard InChI is InChI=1S/C28H29N7O2/c1-5-37-27-14-25(31-16-21(27)15-29)18(2)35-10-7-22-23(26-6-8-32-33(26)4)12-20(13-24(22)28(35)36)17-34-11-9-30-19(34)3/h6,8-9,11-14,16,18H,5,7,10,17H2,1-4H3. The number of ether oxygens (including phenoxy) is 1. The van der Waals surface area contributed by atoms with Crippen LogP contribution in [0.4, 0.5) is 0 Å². The Hall–Kier alpha value is -4.45. The Bertz CT molecular complexity index is 1510. The Morgan fingerprint density at radius 1 is 1.19 bits per heavy atom. The van der Waals surface area contributed by atoms with Crippen LogP contribution in [0.2, 0.25) is 0 Å². The molecule has 0 N–H and O–H groups in total. The number of fused-ring (bicyclic) bond motifs is 1. The Balaban J connectivity index is 1.54. The van der Waals surface area contributed by atoms with Gasteiger partial charge in [0, 0.05) is 62.1 Å². The highest BCUT2D eigenvalue weighted by molar-refractivity contribution is 5.99. The highest BCUT2D eigenvalue weighted by Crippen LogP contribution is 2.35. The molecule has 1 unspecified atom stereocenters. The van der Waals surface area contributed by atoms with Crippen LogP contribution in [0.25, 0.3) is 11.3 Å². The number of benzene rings is 1. The summed E-state index contributed by atoms with van der Waals surface area (Å²) >= 11 is 0. The second-order valence-corrected chi connectivity index (χ2v) is 9.19. The molecular formula is C28H29N7O2. The lowest BCUT2D eigenvalue weighted by Crippen LogP contribution is -2.40. The maximum atomic E-state index is 14.0. The van der Waals surface area contributed by atoms with E-state index in [0.717, 1.165) is 28.2 Å². The SMILES string of the molecule is CCOc1cc(C(C)N2CCc3c(cc(Cn4ccnc4C)cc3-c3ccnn3C)C2=O)ncc1C#N. The molecule has 1 aliphatic heterocycles. The number of aryl methyl sites for hydroxylation is 2. The molecular weight excluding hydrogens is 466 g/mol. The lowest BCUT2D eigenvalue weighted by molar-refractivity contribution is 0.0669. The first kappa shape index (κ1) is 24.3. The number of pyridine rings is 1. The molecule has 0 saturated carbocycles. The highest BCUT2D eigenvalue weighted by atomic mass is 16.5. The van der Waals surface area contributed by atoms with Crippen molar-refractivity contribution < 1.29 is 9.53 Å². The number of carbonyl (C=O) groups excluding carboxylic acids is 1. The maximum Gasteiger partial charge on any atom is 0.254 e. The Labute approximate surface area is 216 Å². The highest BCUT2D eigenvalue weighted by Gasteiger charge is 2.32. The van der Waals surface area contributed by atoms with E-state index >= 15 is 0 Å². The lowest BCUT2D eigenvalue weighted by atomic mass is 9.89. The fraction of sp³-hybridized carbons (Fsp3) is 0.321. The van der Waals surface area contributed by atoms with Crippen molar-refractivity contribution in [2.24, 2.45) is 7.05 Å². The maximum absolute atomic E-state index is 14.0. The molecule has 0 radical (unpaired) electrons. The van der Waals surface area contributed by atoms with Crippen LogP contribution in [0.1, 0.15) is 58.5 Å². The van der Waals surface area contributed by atoms with Crippen LogP contribution in [-0.2, 0) is 20.0 Å². The number of nitriles is 1. The second kappa shape index (κ2) is 9.90. The van der Waals surface area contributed by atoms with Crippen LogP contribution in [0.15, 0.2) is 49.1 Å². The molecule has 4 heterocycles. The van der Waals surface area contributed by atoms with Crippen LogP contribution >= 0.6 is 0 Å². The summed E-state index contributed by atoms with van der Waals surface area (Å²) in [6.07, 6.45) is 7.74. The summed E-state index contributed by atoms with van der Waals surface area (Å²) in [5.41, 5.74) is 5.83. The molecule has 0 aliphatic carbocycles. The Morgan fingerprint density at radius 2 is 2.00 bits per heavy atom. The molecule has 4 aromatic rings. The molecule has 1 amide bonds. The number of hydrogen-bond acceptors (Lipinski definition) is 6. The summed E-state index contributed by atoms with van der Waals surface area (Å²) < 4.78 is 9.56. The van der Waals surface area contributed by atoms with Crippen molar-refractivity contribution in [2.45, 2.75) is 39.8 Å². The zero-order valence-corrected chi connectivity index (χ0v) is 21.5. The van der Waals surface area contributed by atoms with Gasteiger partial charge in [-0.3, -0.25) is 14.5 Å². The number of aromatic nitrogens is 5. The van der Waals surface area contributed by atoms with Crippen molar-refractivity contribution in [3.63, 3.8) is 0 Å². The van der Waals surface area contributed by atoms with Gasteiger partial charge < -0.3 is 14.2 Å². The van der Waals surface area contributed by atoms with E-state index in [1.54, 1.807) is 18.5 Å². The van der Waals surface area contributed by atoms with Crippen molar-refractivity contribution in [3.05, 3.63) is 82.8 Å². The first-order chi connectivity index (χ1) is 17.9. The minimum absolute atomic E-state index is 0.0366. The molecule has 9 heteroatoms. The number of carbonyl (C=O) groups is 1. The second-order valence-electron chi connectivity index (χ2n) is 9.19. The molecule has 3 aromatic heterocycles. The van der Waals surface area contributed by atoms with Gasteiger partial charge in [0.1, 0.15) is 23.2 Å². The fourth-order valence-electron chi connectivity index (χ4n) is 4.97. The monoisotopic (exact) mass is 495 g/mol. The predicted octanol–water partition coefficient (Wildman–Crippen LogP) is 4.07. The predicted molar refractivity (Wildman–Crippen MR) is 138 cm³/mol. The van der Waals surface area contributed by atoms with Gasteiger partial charge in [-0.1, -0.05) is 0 Å². The van der Waals surface area contributed by atoms with E-state index in [2.05, 4.69) is 31.8 Å². The Morgan fingerprint density at radius 3 is 2.68 bits per heavy atom. The summed E-state index contributed by atoms with van der Waals surface area (Å²) in [4.78, 5) is 24.6. The van der Waals surface area contributed by atoms with Gasteiger partial charge in [0.15, 0.2) is 0 Å². The molecule has 1 aliphatic rings. The molecule has 5 rings (SSSR count). The summed E-state index contributed by atoms with van der Waals surface area (Å²) in [7, 11) is 1.92. The van der Waals surface area contributed by atoms with Crippen molar-refractivity contribution in [1.29, 1.82) is 5.26 Å². The van der Waals surface area contributed by atoms with Crippen LogP contribution in [0.3, 0.4) is 0 Å². The number of nitrogens with zero attached hydrogens (tertiary/aromatic N) is 7. The molecule has 0 bridgehead atoms. The van der Waals surface area contributed by atoms with Crippen LogP contribution in [-0.4, -0.2) is 48.3 Å². The third-order valence-electron chi connectivity index (χ3n) is 6.98. The van der Waals surface area contributed by atoms with Crippen molar-refractivity contribution in [2.75, 3.05) is 13.2 Å². The molecule has 37 heavy (non-hydrogen) atoms. The van der Waals surface area contributed by atoms with Gasteiger partial charge in [0.05, 0.1) is 24.0 Å². The number of imidazole rings is 1. The third-order valence-corrected chi connectivity index (χ3v) is 6.98. The van der Waals surface area contributed by atoms with Crippen molar-refractivity contribution >= 4 is 5.91 Å². The van der Waals surface area contributed by atoms with E-state index in [1.165, 1.54) is 6.20 Å². The van der Waals surface area contributed by atoms with E-state index in [9.17, 15) is 10.1 Å². The van der Waals surface area contributed by atoms with Gasteiger partial charge in [-0.2, -0.15) is 10.4 Å². The summed E-state index contributed by atoms with van der Waals surface area (Å²) in [6, 6.07) is 9.76. The van der Waals surface area contributed by atoms with Gasteiger partial charge in [-0.25, -0.2) is 4.98 Å². The average Bonchev–Trinajstić information content (AvgIpc) is 3.51. The van der Waals surface area contributed by atoms with Crippen LogP contribution in [0.5, 0.6) is 5.75 Å².